The van der Waals surface area contributed by atoms with E-state index >= 15 is 0 Å². The van der Waals surface area contributed by atoms with E-state index in [1.165, 1.54) is 0 Å². The van der Waals surface area contributed by atoms with E-state index in [2.05, 4.69) is 25.4 Å². The van der Waals surface area contributed by atoms with Crippen molar-refractivity contribution in [3.63, 3.8) is 0 Å². The number of aliphatic hydroxyl groups is 1. The van der Waals surface area contributed by atoms with E-state index in [0.29, 0.717) is 29.0 Å². The molecule has 3 aromatic rings. The van der Waals surface area contributed by atoms with Crippen molar-refractivity contribution in [3.8, 4) is 11.4 Å². The highest BCUT2D eigenvalue weighted by Gasteiger charge is 2.33. The summed E-state index contributed by atoms with van der Waals surface area (Å²) in [4.78, 5) is 13.3. The lowest BCUT2D eigenvalue weighted by Gasteiger charge is -2.18. The van der Waals surface area contributed by atoms with E-state index in [1.807, 2.05) is 42.1 Å². The largest absolute Gasteiger partial charge is 0.391 e. The average molecular weight is 385 g/mol. The van der Waals surface area contributed by atoms with Crippen LogP contribution in [-0.4, -0.2) is 42.0 Å². The third kappa shape index (κ3) is 4.26. The molecule has 3 heterocycles. The molecule has 0 radical (unpaired) electrons. The molecule has 1 aliphatic carbocycles. The van der Waals surface area contributed by atoms with Crippen molar-refractivity contribution >= 4 is 17.4 Å². The van der Waals surface area contributed by atoms with Gasteiger partial charge in [0.05, 0.1) is 34.8 Å². The number of aliphatic hydroxyl groups excluding tert-OH is 1. The van der Waals surface area contributed by atoms with E-state index in [9.17, 15) is 5.11 Å². The maximum Gasteiger partial charge on any atom is 0.130 e. The summed E-state index contributed by atoms with van der Waals surface area (Å²) in [6.45, 7) is 2.59. The van der Waals surface area contributed by atoms with Crippen LogP contribution >= 0.6 is 11.6 Å². The van der Waals surface area contributed by atoms with E-state index in [0.717, 1.165) is 24.4 Å². The Morgan fingerprint density at radius 2 is 2.15 bits per heavy atom. The number of hydrogen-bond acceptors (Lipinski definition) is 6. The monoisotopic (exact) mass is 384 g/mol. The van der Waals surface area contributed by atoms with Gasteiger partial charge in [0.1, 0.15) is 11.6 Å². The van der Waals surface area contributed by atoms with E-state index in [-0.39, 0.29) is 6.04 Å². The van der Waals surface area contributed by atoms with Crippen LogP contribution in [0.15, 0.2) is 42.9 Å². The Morgan fingerprint density at radius 3 is 2.89 bits per heavy atom. The summed E-state index contributed by atoms with van der Waals surface area (Å²) in [5.41, 5.74) is 1.56. The molecule has 27 heavy (non-hydrogen) atoms. The van der Waals surface area contributed by atoms with Crippen LogP contribution in [0.3, 0.4) is 0 Å². The molecular formula is C19H21ClN6O. The number of nitrogens with one attached hydrogen (secondary N) is 1. The van der Waals surface area contributed by atoms with Crippen LogP contribution in [0.25, 0.3) is 11.4 Å². The zero-order chi connectivity index (χ0) is 18.8. The van der Waals surface area contributed by atoms with Gasteiger partial charge in [0, 0.05) is 25.0 Å². The summed E-state index contributed by atoms with van der Waals surface area (Å²) in [5, 5.41) is 18.7. The van der Waals surface area contributed by atoms with Gasteiger partial charge in [-0.05, 0) is 37.8 Å². The molecular weight excluding hydrogens is 364 g/mol. The molecule has 3 atom stereocenters. The molecule has 0 aliphatic heterocycles. The highest BCUT2D eigenvalue weighted by Crippen LogP contribution is 2.30. The first kappa shape index (κ1) is 17.9. The lowest BCUT2D eigenvalue weighted by molar-refractivity contribution is 0.166. The van der Waals surface area contributed by atoms with Gasteiger partial charge >= 0.3 is 0 Å². The molecule has 0 spiro atoms. The molecule has 0 bridgehead atoms. The summed E-state index contributed by atoms with van der Waals surface area (Å²) >= 11 is 5.93. The Bertz CT molecular complexity index is 916. The number of aryl methyl sites for hydroxylation is 1. The molecule has 7 nitrogen and oxygen atoms in total. The van der Waals surface area contributed by atoms with Gasteiger partial charge < -0.3 is 10.4 Å². The topological polar surface area (TPSA) is 88.8 Å². The van der Waals surface area contributed by atoms with Crippen LogP contribution in [0.5, 0.6) is 0 Å². The van der Waals surface area contributed by atoms with Crippen LogP contribution in [-0.2, 0) is 6.54 Å². The molecule has 0 aromatic carbocycles. The van der Waals surface area contributed by atoms with Crippen molar-refractivity contribution < 1.29 is 5.11 Å². The minimum absolute atomic E-state index is 0.0630. The smallest absolute Gasteiger partial charge is 0.130 e. The number of halogens is 1. The molecule has 8 heteroatoms. The number of anilines is 1. The number of pyridine rings is 1. The summed E-state index contributed by atoms with van der Waals surface area (Å²) in [6.07, 6.45) is 6.29. The van der Waals surface area contributed by atoms with Crippen molar-refractivity contribution in [1.82, 2.24) is 24.7 Å². The lowest BCUT2D eigenvalue weighted by atomic mass is 10.1. The fraction of sp³-hybridized carbons (Fsp3) is 0.368. The van der Waals surface area contributed by atoms with Crippen molar-refractivity contribution in [2.24, 2.45) is 5.92 Å². The number of aromatic nitrogens is 5. The third-order valence-corrected chi connectivity index (χ3v) is 4.97. The van der Waals surface area contributed by atoms with Crippen molar-refractivity contribution in [2.75, 3.05) is 5.32 Å². The second-order valence-electron chi connectivity index (χ2n) is 6.94. The second-order valence-corrected chi connectivity index (χ2v) is 7.37. The van der Waals surface area contributed by atoms with Gasteiger partial charge in [-0.2, -0.15) is 5.10 Å². The predicted octanol–water partition coefficient (Wildman–Crippen LogP) is 2.95. The van der Waals surface area contributed by atoms with Gasteiger partial charge in [0.2, 0.25) is 0 Å². The first-order chi connectivity index (χ1) is 13.1. The van der Waals surface area contributed by atoms with Gasteiger partial charge in [0.25, 0.3) is 0 Å². The summed E-state index contributed by atoms with van der Waals surface area (Å²) in [6, 6.07) is 7.54. The van der Waals surface area contributed by atoms with Crippen molar-refractivity contribution in [1.29, 1.82) is 0 Å². The minimum Gasteiger partial charge on any atom is -0.391 e. The standard InChI is InChI=1S/C19H21ClN6O/c1-12-23-16(15-4-2-3-5-21-15)8-19(24-12)25-17-6-13(7-18(17)27)10-26-11-14(20)9-22-26/h2-5,8-9,11,13,17-18,27H,6-7,10H2,1H3,(H,23,24,25)/t13?,17-,18-/m1/s1. The Hall–Kier alpha value is -2.51. The minimum atomic E-state index is -0.436. The van der Waals surface area contributed by atoms with Gasteiger partial charge in [-0.1, -0.05) is 17.7 Å². The SMILES string of the molecule is Cc1nc(N[C@@H]2CC(Cn3cc(Cl)cn3)C[C@H]2O)cc(-c2ccccn2)n1. The van der Waals surface area contributed by atoms with Gasteiger partial charge in [0.15, 0.2) is 0 Å². The van der Waals surface area contributed by atoms with Crippen LogP contribution < -0.4 is 5.32 Å². The Kier molecular flexibility index (Phi) is 5.05. The highest BCUT2D eigenvalue weighted by atomic mass is 35.5. The van der Waals surface area contributed by atoms with Crippen molar-refractivity contribution in [3.05, 3.63) is 53.7 Å². The summed E-state index contributed by atoms with van der Waals surface area (Å²) in [5.74, 6) is 1.69. The van der Waals surface area contributed by atoms with Gasteiger partial charge in [-0.3, -0.25) is 9.67 Å². The molecule has 0 amide bonds. The molecule has 1 unspecified atom stereocenters. The molecule has 1 fully saturated rings. The van der Waals surface area contributed by atoms with E-state index in [1.54, 1.807) is 12.4 Å². The maximum atomic E-state index is 10.5. The average Bonchev–Trinajstić information content (AvgIpc) is 3.20. The Morgan fingerprint density at radius 1 is 1.26 bits per heavy atom. The fourth-order valence-electron chi connectivity index (χ4n) is 3.60. The molecule has 1 saturated carbocycles. The predicted molar refractivity (Wildman–Crippen MR) is 103 cm³/mol. The molecule has 1 aliphatic rings. The highest BCUT2D eigenvalue weighted by molar-refractivity contribution is 6.30. The molecule has 3 aromatic heterocycles. The number of hydrogen-bond donors (Lipinski definition) is 2. The van der Waals surface area contributed by atoms with Gasteiger partial charge in [-0.15, -0.1) is 0 Å². The maximum absolute atomic E-state index is 10.5. The Labute approximate surface area is 162 Å². The first-order valence-electron chi connectivity index (χ1n) is 8.96. The Balaban J connectivity index is 1.46. The van der Waals surface area contributed by atoms with Crippen LogP contribution in [0.2, 0.25) is 5.02 Å². The summed E-state index contributed by atoms with van der Waals surface area (Å²) < 4.78 is 1.83. The van der Waals surface area contributed by atoms with Crippen LogP contribution in [0, 0.1) is 12.8 Å². The number of nitrogens with zero attached hydrogens (tertiary/aromatic N) is 5. The normalized spacial score (nSPS) is 22.1. The quantitative estimate of drug-likeness (QED) is 0.703. The summed E-state index contributed by atoms with van der Waals surface area (Å²) in [7, 11) is 0. The fourth-order valence-corrected chi connectivity index (χ4v) is 3.76. The molecule has 4 rings (SSSR count). The molecule has 0 saturated heterocycles. The lowest BCUT2D eigenvalue weighted by Crippen LogP contribution is -2.28. The van der Waals surface area contributed by atoms with Crippen molar-refractivity contribution in [2.45, 2.75) is 38.5 Å². The second kappa shape index (κ2) is 7.62. The third-order valence-electron chi connectivity index (χ3n) is 4.77. The van der Waals surface area contributed by atoms with Crippen LogP contribution in [0.1, 0.15) is 18.7 Å². The number of rotatable bonds is 5. The van der Waals surface area contributed by atoms with Crippen LogP contribution in [0.4, 0.5) is 5.82 Å². The van der Waals surface area contributed by atoms with E-state index in [4.69, 9.17) is 11.6 Å². The molecule has 140 valence electrons. The zero-order valence-electron chi connectivity index (χ0n) is 15.0. The first-order valence-corrected chi connectivity index (χ1v) is 9.34. The van der Waals surface area contributed by atoms with E-state index < -0.39 is 6.10 Å². The molecule has 2 N–H and O–H groups in total. The van der Waals surface area contributed by atoms with Gasteiger partial charge in [-0.25, -0.2) is 9.97 Å². The zero-order valence-corrected chi connectivity index (χ0v) is 15.7.